The van der Waals surface area contributed by atoms with Crippen molar-refractivity contribution >= 4 is 11.8 Å². The number of amides is 2. The molecule has 0 spiro atoms. The lowest BCUT2D eigenvalue weighted by Crippen LogP contribution is -2.32. The van der Waals surface area contributed by atoms with E-state index in [1.54, 1.807) is 12.1 Å². The van der Waals surface area contributed by atoms with E-state index in [0.29, 0.717) is 51.0 Å². The standard InChI is InChI=1S/C28H30N6O3/c29-26(36)7-3-4-18-34(27(37)17-12-20-10-15-23(35)16-11-20)19-21-8-13-22(14-9-21)24-5-1-2-6-25(24)28-30-32-33-31-28/h1-2,5-6,8-11,13-16,35H,3-4,7,12,17-19H2,(H2,29,36)(H,30,31,32,33). The van der Waals surface area contributed by atoms with Crippen LogP contribution in [0.25, 0.3) is 22.5 Å². The number of tetrazole rings is 1. The fraction of sp³-hybridized carbons (Fsp3) is 0.250. The van der Waals surface area contributed by atoms with Crippen LogP contribution in [0.4, 0.5) is 0 Å². The van der Waals surface area contributed by atoms with Crippen molar-refractivity contribution in [3.05, 3.63) is 83.9 Å². The van der Waals surface area contributed by atoms with Crippen LogP contribution < -0.4 is 5.73 Å². The van der Waals surface area contributed by atoms with Crippen LogP contribution in [0, 0.1) is 0 Å². The molecular weight excluding hydrogens is 468 g/mol. The third-order valence-corrected chi connectivity index (χ3v) is 6.17. The molecule has 1 aromatic heterocycles. The van der Waals surface area contributed by atoms with Gasteiger partial charge in [-0.15, -0.1) is 10.2 Å². The normalized spacial score (nSPS) is 10.8. The Hall–Kier alpha value is -4.53. The molecule has 37 heavy (non-hydrogen) atoms. The van der Waals surface area contributed by atoms with Crippen LogP contribution in [0.15, 0.2) is 72.8 Å². The average Bonchev–Trinajstić information content (AvgIpc) is 3.45. The Bertz CT molecular complexity index is 1300. The summed E-state index contributed by atoms with van der Waals surface area (Å²) in [5.41, 5.74) is 10.1. The summed E-state index contributed by atoms with van der Waals surface area (Å²) in [6, 6.07) is 22.9. The highest BCUT2D eigenvalue weighted by Crippen LogP contribution is 2.30. The van der Waals surface area contributed by atoms with Crippen molar-refractivity contribution in [1.82, 2.24) is 25.5 Å². The van der Waals surface area contributed by atoms with Crippen LogP contribution in [0.1, 0.15) is 36.8 Å². The van der Waals surface area contributed by atoms with Crippen LogP contribution in [0.2, 0.25) is 0 Å². The third-order valence-electron chi connectivity index (χ3n) is 6.17. The van der Waals surface area contributed by atoms with Gasteiger partial charge < -0.3 is 15.7 Å². The Morgan fingerprint density at radius 1 is 0.865 bits per heavy atom. The molecule has 0 aliphatic heterocycles. The second kappa shape index (κ2) is 12.4. The van der Waals surface area contributed by atoms with Gasteiger partial charge in [-0.2, -0.15) is 5.21 Å². The van der Waals surface area contributed by atoms with E-state index in [1.165, 1.54) is 0 Å². The van der Waals surface area contributed by atoms with Gasteiger partial charge in [0.1, 0.15) is 5.75 Å². The minimum atomic E-state index is -0.332. The highest BCUT2D eigenvalue weighted by atomic mass is 16.3. The number of nitrogens with one attached hydrogen (secondary N) is 1. The summed E-state index contributed by atoms with van der Waals surface area (Å²) in [5, 5.41) is 23.9. The largest absolute Gasteiger partial charge is 0.508 e. The zero-order valence-corrected chi connectivity index (χ0v) is 20.5. The van der Waals surface area contributed by atoms with Gasteiger partial charge in [-0.25, -0.2) is 0 Å². The lowest BCUT2D eigenvalue weighted by Gasteiger charge is -2.23. The summed E-state index contributed by atoms with van der Waals surface area (Å²) >= 11 is 0. The number of aromatic hydroxyl groups is 1. The molecule has 4 rings (SSSR count). The number of hydrogen-bond acceptors (Lipinski definition) is 6. The Balaban J connectivity index is 1.45. The molecule has 4 aromatic rings. The van der Waals surface area contributed by atoms with E-state index in [-0.39, 0.29) is 17.6 Å². The van der Waals surface area contributed by atoms with Gasteiger partial charge in [0, 0.05) is 31.5 Å². The van der Waals surface area contributed by atoms with Crippen LogP contribution in [0.3, 0.4) is 0 Å². The number of phenols is 1. The molecule has 190 valence electrons. The van der Waals surface area contributed by atoms with Crippen molar-refractivity contribution in [2.45, 2.75) is 38.6 Å². The summed E-state index contributed by atoms with van der Waals surface area (Å²) in [6.07, 6.45) is 2.59. The lowest BCUT2D eigenvalue weighted by atomic mass is 9.98. The van der Waals surface area contributed by atoms with Crippen molar-refractivity contribution in [2.24, 2.45) is 5.73 Å². The molecule has 9 nitrogen and oxygen atoms in total. The van der Waals surface area contributed by atoms with E-state index in [2.05, 4.69) is 20.6 Å². The van der Waals surface area contributed by atoms with Crippen molar-refractivity contribution in [3.8, 4) is 28.3 Å². The van der Waals surface area contributed by atoms with Crippen molar-refractivity contribution < 1.29 is 14.7 Å². The second-order valence-electron chi connectivity index (χ2n) is 8.88. The molecule has 0 atom stereocenters. The molecule has 4 N–H and O–H groups in total. The predicted octanol–water partition coefficient (Wildman–Crippen LogP) is 3.86. The van der Waals surface area contributed by atoms with Gasteiger partial charge in [-0.1, -0.05) is 60.7 Å². The number of phenolic OH excluding ortho intramolecular Hbond substituents is 1. The Morgan fingerprint density at radius 2 is 1.57 bits per heavy atom. The minimum Gasteiger partial charge on any atom is -0.508 e. The van der Waals surface area contributed by atoms with E-state index in [0.717, 1.165) is 27.8 Å². The Labute approximate surface area is 215 Å². The number of H-pyrrole nitrogens is 1. The number of hydrogen-bond donors (Lipinski definition) is 3. The first-order valence-corrected chi connectivity index (χ1v) is 12.3. The quantitative estimate of drug-likeness (QED) is 0.254. The predicted molar refractivity (Wildman–Crippen MR) is 140 cm³/mol. The van der Waals surface area contributed by atoms with Gasteiger partial charge in [0.2, 0.25) is 17.6 Å². The zero-order chi connectivity index (χ0) is 26.0. The number of unbranched alkanes of at least 4 members (excludes halogenated alkanes) is 1. The first-order chi connectivity index (χ1) is 18.0. The third kappa shape index (κ3) is 7.23. The monoisotopic (exact) mass is 498 g/mol. The van der Waals surface area contributed by atoms with E-state index < -0.39 is 0 Å². The van der Waals surface area contributed by atoms with Gasteiger partial charge in [-0.3, -0.25) is 9.59 Å². The number of aromatic amines is 1. The fourth-order valence-electron chi connectivity index (χ4n) is 4.18. The van der Waals surface area contributed by atoms with Crippen molar-refractivity contribution in [2.75, 3.05) is 6.54 Å². The van der Waals surface area contributed by atoms with Gasteiger partial charge in [0.25, 0.3) is 0 Å². The summed E-state index contributed by atoms with van der Waals surface area (Å²) in [4.78, 5) is 26.1. The summed E-state index contributed by atoms with van der Waals surface area (Å²) in [7, 11) is 0. The highest BCUT2D eigenvalue weighted by Gasteiger charge is 2.15. The number of primary amides is 1. The molecule has 0 bridgehead atoms. The number of nitrogens with two attached hydrogens (primary N) is 1. The number of aryl methyl sites for hydroxylation is 1. The van der Waals surface area contributed by atoms with E-state index in [1.807, 2.05) is 65.6 Å². The molecule has 0 fully saturated rings. The highest BCUT2D eigenvalue weighted by molar-refractivity contribution is 5.80. The number of aromatic nitrogens is 4. The number of nitrogens with zero attached hydrogens (tertiary/aromatic N) is 4. The molecular formula is C28H30N6O3. The number of rotatable bonds is 12. The zero-order valence-electron chi connectivity index (χ0n) is 20.5. The topological polar surface area (TPSA) is 138 Å². The van der Waals surface area contributed by atoms with Crippen LogP contribution >= 0.6 is 0 Å². The number of carbonyl (C=O) groups excluding carboxylic acids is 2. The smallest absolute Gasteiger partial charge is 0.223 e. The van der Waals surface area contributed by atoms with Gasteiger partial charge in [0.15, 0.2) is 0 Å². The molecule has 0 radical (unpaired) electrons. The Morgan fingerprint density at radius 3 is 2.24 bits per heavy atom. The molecule has 0 aliphatic rings. The fourth-order valence-corrected chi connectivity index (χ4v) is 4.18. The molecule has 0 unspecified atom stereocenters. The van der Waals surface area contributed by atoms with E-state index >= 15 is 0 Å². The Kier molecular flexibility index (Phi) is 8.59. The van der Waals surface area contributed by atoms with Gasteiger partial charge in [0.05, 0.1) is 0 Å². The maximum atomic E-state index is 13.1. The van der Waals surface area contributed by atoms with E-state index in [4.69, 9.17) is 5.73 Å². The molecule has 0 aliphatic carbocycles. The molecule has 1 heterocycles. The summed E-state index contributed by atoms with van der Waals surface area (Å²) in [6.45, 7) is 1.02. The summed E-state index contributed by atoms with van der Waals surface area (Å²) < 4.78 is 0. The minimum absolute atomic E-state index is 0.0404. The van der Waals surface area contributed by atoms with Gasteiger partial charge >= 0.3 is 0 Å². The molecule has 9 heteroatoms. The maximum absolute atomic E-state index is 13.1. The van der Waals surface area contributed by atoms with E-state index in [9.17, 15) is 14.7 Å². The molecule has 3 aromatic carbocycles. The lowest BCUT2D eigenvalue weighted by molar-refractivity contribution is -0.131. The van der Waals surface area contributed by atoms with Gasteiger partial charge in [-0.05, 0) is 58.9 Å². The van der Waals surface area contributed by atoms with Crippen LogP contribution in [0.5, 0.6) is 5.75 Å². The maximum Gasteiger partial charge on any atom is 0.223 e. The van der Waals surface area contributed by atoms with Crippen LogP contribution in [-0.4, -0.2) is 49.0 Å². The first kappa shape index (κ1) is 25.6. The first-order valence-electron chi connectivity index (χ1n) is 12.3. The van der Waals surface area contributed by atoms with Crippen molar-refractivity contribution in [1.29, 1.82) is 0 Å². The molecule has 2 amide bonds. The average molecular weight is 499 g/mol. The number of benzene rings is 3. The summed E-state index contributed by atoms with van der Waals surface area (Å²) in [5.74, 6) is 0.441. The second-order valence-corrected chi connectivity index (χ2v) is 8.88. The van der Waals surface area contributed by atoms with Crippen molar-refractivity contribution in [3.63, 3.8) is 0 Å². The molecule has 0 saturated heterocycles. The SMILES string of the molecule is NC(=O)CCCCN(Cc1ccc(-c2ccccc2-c2nn[nH]n2)cc1)C(=O)CCc1ccc(O)cc1. The molecule has 0 saturated carbocycles. The number of carbonyl (C=O) groups is 2. The van der Waals surface area contributed by atoms with Crippen LogP contribution in [-0.2, 0) is 22.6 Å².